The zero-order valence-corrected chi connectivity index (χ0v) is 17.6. The summed E-state index contributed by atoms with van der Waals surface area (Å²) in [4.78, 5) is 0. The predicted octanol–water partition coefficient (Wildman–Crippen LogP) is 3.41. The molecule has 0 fully saturated rings. The molecular formula is C22H29N3OSi. The van der Waals surface area contributed by atoms with Crippen LogP contribution in [0.25, 0.3) is 0 Å². The van der Waals surface area contributed by atoms with Gasteiger partial charge in [-0.3, -0.25) is 4.68 Å². The van der Waals surface area contributed by atoms with Gasteiger partial charge in [-0.2, -0.15) is 5.10 Å². The van der Waals surface area contributed by atoms with Gasteiger partial charge >= 0.3 is 0 Å². The normalized spacial score (nSPS) is 12.1. The molecule has 0 bridgehead atoms. The molecule has 0 amide bonds. The Balaban J connectivity index is 1.89. The summed E-state index contributed by atoms with van der Waals surface area (Å²) in [6, 6.07) is 21.5. The SMILES string of the molecule is Cn1cc(NCCO[Si](c2ccccc2)(c2ccccc2)C(C)(C)C)cn1. The van der Waals surface area contributed by atoms with Crippen LogP contribution in [0.15, 0.2) is 73.1 Å². The molecule has 4 nitrogen and oxygen atoms in total. The Morgan fingerprint density at radius 3 is 1.96 bits per heavy atom. The highest BCUT2D eigenvalue weighted by Crippen LogP contribution is 2.36. The fraction of sp³-hybridized carbons (Fsp3) is 0.318. The van der Waals surface area contributed by atoms with Crippen LogP contribution in [0.1, 0.15) is 20.8 Å². The van der Waals surface area contributed by atoms with Crippen molar-refractivity contribution >= 4 is 24.4 Å². The van der Waals surface area contributed by atoms with Crippen molar-refractivity contribution in [1.29, 1.82) is 0 Å². The lowest BCUT2D eigenvalue weighted by Crippen LogP contribution is -2.66. The molecule has 0 aliphatic carbocycles. The number of nitrogens with zero attached hydrogens (tertiary/aromatic N) is 2. The molecule has 0 atom stereocenters. The number of hydrogen-bond donors (Lipinski definition) is 1. The maximum Gasteiger partial charge on any atom is 0.261 e. The summed E-state index contributed by atoms with van der Waals surface area (Å²) in [5.74, 6) is 0. The second-order valence-corrected chi connectivity index (χ2v) is 12.1. The molecule has 0 spiro atoms. The van der Waals surface area contributed by atoms with Crippen LogP contribution >= 0.6 is 0 Å². The van der Waals surface area contributed by atoms with E-state index in [-0.39, 0.29) is 5.04 Å². The summed E-state index contributed by atoms with van der Waals surface area (Å²) in [5.41, 5.74) is 1.02. The number of nitrogens with one attached hydrogen (secondary N) is 1. The van der Waals surface area contributed by atoms with E-state index in [0.717, 1.165) is 12.2 Å². The highest BCUT2D eigenvalue weighted by molar-refractivity contribution is 6.99. The number of aromatic nitrogens is 2. The van der Waals surface area contributed by atoms with Crippen molar-refractivity contribution in [2.75, 3.05) is 18.5 Å². The minimum atomic E-state index is -2.44. The molecule has 1 N–H and O–H groups in total. The van der Waals surface area contributed by atoms with Crippen LogP contribution in [0.2, 0.25) is 5.04 Å². The highest BCUT2D eigenvalue weighted by Gasteiger charge is 2.49. The Bertz CT molecular complexity index is 801. The number of benzene rings is 2. The third-order valence-electron chi connectivity index (χ3n) is 4.87. The van der Waals surface area contributed by atoms with Crippen molar-refractivity contribution in [3.63, 3.8) is 0 Å². The van der Waals surface area contributed by atoms with Gasteiger partial charge in [0.15, 0.2) is 0 Å². The Labute approximate surface area is 163 Å². The molecule has 3 aromatic rings. The van der Waals surface area contributed by atoms with Gasteiger partial charge in [0.1, 0.15) is 0 Å². The largest absolute Gasteiger partial charge is 0.406 e. The van der Waals surface area contributed by atoms with Crippen LogP contribution in [-0.2, 0) is 11.5 Å². The van der Waals surface area contributed by atoms with Gasteiger partial charge in [0.25, 0.3) is 8.32 Å². The fourth-order valence-corrected chi connectivity index (χ4v) is 8.24. The predicted molar refractivity (Wildman–Crippen MR) is 115 cm³/mol. The summed E-state index contributed by atoms with van der Waals surface area (Å²) in [5, 5.41) is 10.2. The fourth-order valence-electron chi connectivity index (χ4n) is 3.67. The molecule has 0 aliphatic rings. The van der Waals surface area contributed by atoms with Crippen LogP contribution < -0.4 is 15.7 Å². The lowest BCUT2D eigenvalue weighted by Gasteiger charge is -2.43. The molecule has 142 valence electrons. The van der Waals surface area contributed by atoms with Gasteiger partial charge in [0.05, 0.1) is 18.5 Å². The average Bonchev–Trinajstić information content (AvgIpc) is 3.07. The van der Waals surface area contributed by atoms with Gasteiger partial charge in [0, 0.05) is 19.8 Å². The van der Waals surface area contributed by atoms with E-state index in [1.807, 2.05) is 19.4 Å². The Kier molecular flexibility index (Phi) is 5.82. The lowest BCUT2D eigenvalue weighted by atomic mass is 10.2. The van der Waals surface area contributed by atoms with Crippen molar-refractivity contribution in [3.8, 4) is 0 Å². The van der Waals surface area contributed by atoms with Gasteiger partial charge in [-0.1, -0.05) is 81.4 Å². The highest BCUT2D eigenvalue weighted by atomic mass is 28.4. The maximum atomic E-state index is 6.84. The molecule has 2 aromatic carbocycles. The van der Waals surface area contributed by atoms with Gasteiger partial charge in [-0.15, -0.1) is 0 Å². The molecule has 0 unspecified atom stereocenters. The summed E-state index contributed by atoms with van der Waals surface area (Å²) < 4.78 is 8.64. The zero-order valence-electron chi connectivity index (χ0n) is 16.6. The molecule has 0 aliphatic heterocycles. The standard InChI is InChI=1S/C22H29N3OSi/c1-22(2,3)27(20-11-7-5-8-12-20,21-13-9-6-10-14-21)26-16-15-23-19-17-24-25(4)18-19/h5-14,17-18,23H,15-16H2,1-4H3. The Hall–Kier alpha value is -2.37. The number of hydrogen-bond acceptors (Lipinski definition) is 3. The minimum Gasteiger partial charge on any atom is -0.406 e. The Morgan fingerprint density at radius 2 is 1.52 bits per heavy atom. The van der Waals surface area contributed by atoms with Crippen molar-refractivity contribution in [2.45, 2.75) is 25.8 Å². The summed E-state index contributed by atoms with van der Waals surface area (Å²) in [7, 11) is -0.522. The summed E-state index contributed by atoms with van der Waals surface area (Å²) in [6.07, 6.45) is 3.81. The van der Waals surface area contributed by atoms with Crippen LogP contribution in [-0.4, -0.2) is 31.2 Å². The zero-order chi connectivity index (χ0) is 19.3. The van der Waals surface area contributed by atoms with E-state index < -0.39 is 8.32 Å². The topological polar surface area (TPSA) is 39.1 Å². The second-order valence-electron chi connectivity index (χ2n) is 7.84. The van der Waals surface area contributed by atoms with E-state index in [4.69, 9.17) is 4.43 Å². The van der Waals surface area contributed by atoms with Crippen LogP contribution in [0.5, 0.6) is 0 Å². The molecule has 0 radical (unpaired) electrons. The molecule has 5 heteroatoms. The van der Waals surface area contributed by atoms with E-state index in [2.05, 4.69) is 91.9 Å². The molecular weight excluding hydrogens is 350 g/mol. The van der Waals surface area contributed by atoms with Gasteiger partial charge in [-0.25, -0.2) is 0 Å². The van der Waals surface area contributed by atoms with Crippen LogP contribution in [0, 0.1) is 0 Å². The molecule has 1 heterocycles. The summed E-state index contributed by atoms with van der Waals surface area (Å²) in [6.45, 7) is 8.29. The maximum absolute atomic E-state index is 6.84. The smallest absolute Gasteiger partial charge is 0.261 e. The van der Waals surface area contributed by atoms with Crippen molar-refractivity contribution in [3.05, 3.63) is 73.1 Å². The quantitative estimate of drug-likeness (QED) is 0.505. The molecule has 1 aromatic heterocycles. The van der Waals surface area contributed by atoms with E-state index in [0.29, 0.717) is 6.61 Å². The van der Waals surface area contributed by atoms with Gasteiger partial charge in [-0.05, 0) is 15.4 Å². The molecule has 3 rings (SSSR count). The first kappa shape index (κ1) is 19.4. The van der Waals surface area contributed by atoms with E-state index in [1.54, 1.807) is 4.68 Å². The van der Waals surface area contributed by atoms with Crippen LogP contribution in [0.3, 0.4) is 0 Å². The van der Waals surface area contributed by atoms with Gasteiger partial charge in [0.2, 0.25) is 0 Å². The first-order valence-corrected chi connectivity index (χ1v) is 11.3. The van der Waals surface area contributed by atoms with Crippen molar-refractivity contribution in [1.82, 2.24) is 9.78 Å². The third kappa shape index (κ3) is 4.15. The van der Waals surface area contributed by atoms with Crippen LogP contribution in [0.4, 0.5) is 5.69 Å². The minimum absolute atomic E-state index is 0.00398. The second kappa shape index (κ2) is 8.11. The lowest BCUT2D eigenvalue weighted by molar-refractivity contribution is 0.312. The average molecular weight is 380 g/mol. The molecule has 0 saturated carbocycles. The number of rotatable bonds is 7. The molecule has 27 heavy (non-hydrogen) atoms. The first-order valence-electron chi connectivity index (χ1n) is 9.41. The first-order chi connectivity index (χ1) is 12.9. The van der Waals surface area contributed by atoms with Crippen molar-refractivity contribution in [2.24, 2.45) is 7.05 Å². The third-order valence-corrected chi connectivity index (χ3v) is 9.91. The monoisotopic (exact) mass is 379 g/mol. The summed E-state index contributed by atoms with van der Waals surface area (Å²) >= 11 is 0. The van der Waals surface area contributed by atoms with E-state index >= 15 is 0 Å². The molecule has 0 saturated heterocycles. The number of aryl methyl sites for hydroxylation is 1. The Morgan fingerprint density at radius 1 is 0.963 bits per heavy atom. The van der Waals surface area contributed by atoms with Gasteiger partial charge < -0.3 is 9.74 Å². The van der Waals surface area contributed by atoms with Crippen molar-refractivity contribution < 1.29 is 4.43 Å². The van der Waals surface area contributed by atoms with E-state index in [9.17, 15) is 0 Å². The number of anilines is 1. The van der Waals surface area contributed by atoms with E-state index in [1.165, 1.54) is 10.4 Å².